The molecule has 4 rings (SSSR count). The van der Waals surface area contributed by atoms with Gasteiger partial charge in [-0.15, -0.1) is 0 Å². The highest BCUT2D eigenvalue weighted by molar-refractivity contribution is 5.87. The van der Waals surface area contributed by atoms with Gasteiger partial charge in [0.05, 0.1) is 17.3 Å². The van der Waals surface area contributed by atoms with Crippen molar-refractivity contribution < 1.29 is 9.59 Å². The largest absolute Gasteiger partial charge is 0.339 e. The van der Waals surface area contributed by atoms with Gasteiger partial charge in [-0.2, -0.15) is 5.10 Å². The van der Waals surface area contributed by atoms with E-state index in [1.165, 1.54) is 0 Å². The highest BCUT2D eigenvalue weighted by Crippen LogP contribution is 2.26. The van der Waals surface area contributed by atoms with Crippen molar-refractivity contribution in [2.45, 2.75) is 32.1 Å². The summed E-state index contributed by atoms with van der Waals surface area (Å²) in [5.74, 6) is 0.246. The zero-order chi connectivity index (χ0) is 22.6. The second-order valence-electron chi connectivity index (χ2n) is 8.79. The van der Waals surface area contributed by atoms with E-state index in [2.05, 4.69) is 5.10 Å². The molecule has 0 spiro atoms. The molecule has 6 heteroatoms. The first-order chi connectivity index (χ1) is 15.4. The predicted octanol–water partition coefficient (Wildman–Crippen LogP) is 3.45. The third-order valence-electron chi connectivity index (χ3n) is 6.23. The van der Waals surface area contributed by atoms with Crippen molar-refractivity contribution in [2.24, 2.45) is 0 Å². The number of piperazine rings is 1. The van der Waals surface area contributed by atoms with Crippen LogP contribution in [0.1, 0.15) is 31.4 Å². The highest BCUT2D eigenvalue weighted by atomic mass is 16.2. The molecule has 1 aromatic heterocycles. The van der Waals surface area contributed by atoms with Gasteiger partial charge in [0, 0.05) is 38.8 Å². The summed E-state index contributed by atoms with van der Waals surface area (Å²) in [7, 11) is 0. The van der Waals surface area contributed by atoms with Gasteiger partial charge in [0.2, 0.25) is 11.8 Å². The first kappa shape index (κ1) is 21.8. The van der Waals surface area contributed by atoms with Crippen LogP contribution in [-0.4, -0.2) is 57.6 Å². The van der Waals surface area contributed by atoms with Gasteiger partial charge in [0.25, 0.3) is 0 Å². The molecule has 166 valence electrons. The lowest BCUT2D eigenvalue weighted by atomic mass is 9.83. The topological polar surface area (TPSA) is 58.4 Å². The number of para-hydroxylation sites is 1. The van der Waals surface area contributed by atoms with Crippen LogP contribution in [0, 0.1) is 0 Å². The minimum Gasteiger partial charge on any atom is -0.339 e. The first-order valence-electron chi connectivity index (χ1n) is 11.2. The van der Waals surface area contributed by atoms with Gasteiger partial charge < -0.3 is 9.80 Å². The summed E-state index contributed by atoms with van der Waals surface area (Å²) in [6.07, 6.45) is 4.91. The Bertz CT molecular complexity index is 1050. The number of aromatic nitrogens is 2. The van der Waals surface area contributed by atoms with Crippen LogP contribution < -0.4 is 0 Å². The Hall–Kier alpha value is -3.41. The lowest BCUT2D eigenvalue weighted by Crippen LogP contribution is -2.54. The molecule has 0 unspecified atom stereocenters. The van der Waals surface area contributed by atoms with Crippen LogP contribution >= 0.6 is 0 Å². The van der Waals surface area contributed by atoms with Crippen molar-refractivity contribution in [1.82, 2.24) is 19.6 Å². The molecule has 3 aromatic rings. The van der Waals surface area contributed by atoms with Gasteiger partial charge >= 0.3 is 0 Å². The van der Waals surface area contributed by atoms with Crippen LogP contribution in [0.3, 0.4) is 0 Å². The number of amides is 2. The quantitative estimate of drug-likeness (QED) is 0.602. The van der Waals surface area contributed by atoms with E-state index in [1.54, 1.807) is 0 Å². The lowest BCUT2D eigenvalue weighted by Gasteiger charge is -2.38. The minimum atomic E-state index is -0.577. The molecule has 0 N–H and O–H groups in total. The standard InChI is InChI=1S/C26H30N4O2/c1-26(2,22-9-5-3-6-10-22)25(32)29-17-15-28(16-18-29)24(31)14-13-21-19-27-30(20-21)23-11-7-4-8-12-23/h3-12,19-20H,13-18H2,1-2H3. The summed E-state index contributed by atoms with van der Waals surface area (Å²) in [5.41, 5.74) is 2.48. The van der Waals surface area contributed by atoms with Crippen LogP contribution in [0.25, 0.3) is 5.69 Å². The van der Waals surface area contributed by atoms with E-state index in [1.807, 2.05) is 101 Å². The fourth-order valence-electron chi connectivity index (χ4n) is 4.15. The molecule has 0 aliphatic carbocycles. The number of nitrogens with zero attached hydrogens (tertiary/aromatic N) is 4. The molecule has 0 bridgehead atoms. The number of hydrogen-bond donors (Lipinski definition) is 0. The monoisotopic (exact) mass is 430 g/mol. The van der Waals surface area contributed by atoms with Crippen LogP contribution in [0.4, 0.5) is 0 Å². The van der Waals surface area contributed by atoms with Crippen LogP contribution in [0.2, 0.25) is 0 Å². The number of benzene rings is 2. The summed E-state index contributed by atoms with van der Waals surface area (Å²) in [6.45, 7) is 6.26. The normalized spacial score (nSPS) is 14.4. The Morgan fingerprint density at radius 1 is 0.875 bits per heavy atom. The van der Waals surface area contributed by atoms with Gasteiger partial charge in [-0.1, -0.05) is 48.5 Å². The van der Waals surface area contributed by atoms with Crippen LogP contribution in [-0.2, 0) is 21.4 Å². The van der Waals surface area contributed by atoms with Crippen molar-refractivity contribution in [3.8, 4) is 5.69 Å². The van der Waals surface area contributed by atoms with Crippen molar-refractivity contribution >= 4 is 11.8 Å². The number of hydrogen-bond acceptors (Lipinski definition) is 3. The minimum absolute atomic E-state index is 0.115. The molecule has 32 heavy (non-hydrogen) atoms. The zero-order valence-corrected chi connectivity index (χ0v) is 18.8. The van der Waals surface area contributed by atoms with Crippen LogP contribution in [0.5, 0.6) is 0 Å². The summed E-state index contributed by atoms with van der Waals surface area (Å²) in [4.78, 5) is 29.6. The molecule has 1 aliphatic rings. The molecule has 0 radical (unpaired) electrons. The van der Waals surface area contributed by atoms with Gasteiger partial charge in [0.15, 0.2) is 0 Å². The van der Waals surface area contributed by atoms with Gasteiger partial charge in [-0.05, 0) is 43.5 Å². The Labute approximate surface area is 189 Å². The van der Waals surface area contributed by atoms with E-state index in [4.69, 9.17) is 0 Å². The summed E-state index contributed by atoms with van der Waals surface area (Å²) in [6, 6.07) is 19.8. The maximum absolute atomic E-state index is 13.1. The Kier molecular flexibility index (Phi) is 6.40. The van der Waals surface area contributed by atoms with Gasteiger partial charge in [-0.3, -0.25) is 9.59 Å². The highest BCUT2D eigenvalue weighted by Gasteiger charge is 2.35. The molecule has 0 saturated carbocycles. The Morgan fingerprint density at radius 2 is 1.47 bits per heavy atom. The maximum Gasteiger partial charge on any atom is 0.232 e. The van der Waals surface area contributed by atoms with Gasteiger partial charge in [0.1, 0.15) is 0 Å². The molecule has 6 nitrogen and oxygen atoms in total. The zero-order valence-electron chi connectivity index (χ0n) is 18.8. The van der Waals surface area contributed by atoms with Crippen molar-refractivity contribution in [1.29, 1.82) is 0 Å². The second-order valence-corrected chi connectivity index (χ2v) is 8.79. The number of carbonyl (C=O) groups is 2. The molecule has 2 amide bonds. The molecule has 1 fully saturated rings. The Balaban J connectivity index is 1.28. The average Bonchev–Trinajstić information content (AvgIpc) is 3.32. The predicted molar refractivity (Wildman–Crippen MR) is 125 cm³/mol. The second kappa shape index (κ2) is 9.39. The van der Waals surface area contributed by atoms with Crippen molar-refractivity contribution in [2.75, 3.05) is 26.2 Å². The third kappa shape index (κ3) is 4.74. The SMILES string of the molecule is CC(C)(C(=O)N1CCN(C(=O)CCc2cnn(-c3ccccc3)c2)CC1)c1ccccc1. The fraction of sp³-hybridized carbons (Fsp3) is 0.346. The summed E-state index contributed by atoms with van der Waals surface area (Å²) < 4.78 is 1.83. The molecule has 2 aromatic carbocycles. The molecule has 2 heterocycles. The van der Waals surface area contributed by atoms with Crippen molar-refractivity contribution in [3.63, 3.8) is 0 Å². The van der Waals surface area contributed by atoms with E-state index >= 15 is 0 Å². The van der Waals surface area contributed by atoms with E-state index in [9.17, 15) is 9.59 Å². The number of carbonyl (C=O) groups excluding carboxylic acids is 2. The lowest BCUT2D eigenvalue weighted by molar-refractivity contribution is -0.142. The van der Waals surface area contributed by atoms with Gasteiger partial charge in [-0.25, -0.2) is 4.68 Å². The van der Waals surface area contributed by atoms with E-state index in [-0.39, 0.29) is 11.8 Å². The van der Waals surface area contributed by atoms with Crippen molar-refractivity contribution in [3.05, 3.63) is 84.2 Å². The van der Waals surface area contributed by atoms with Crippen LogP contribution in [0.15, 0.2) is 73.1 Å². The first-order valence-corrected chi connectivity index (χ1v) is 11.2. The third-order valence-corrected chi connectivity index (χ3v) is 6.23. The number of aryl methyl sites for hydroxylation is 1. The average molecular weight is 431 g/mol. The Morgan fingerprint density at radius 3 is 2.12 bits per heavy atom. The summed E-state index contributed by atoms with van der Waals surface area (Å²) >= 11 is 0. The molecular formula is C26H30N4O2. The smallest absolute Gasteiger partial charge is 0.232 e. The molecular weight excluding hydrogens is 400 g/mol. The fourth-order valence-corrected chi connectivity index (χ4v) is 4.15. The van der Waals surface area contributed by atoms with E-state index in [0.29, 0.717) is 39.0 Å². The molecule has 1 aliphatic heterocycles. The van der Waals surface area contributed by atoms with E-state index in [0.717, 1.165) is 16.8 Å². The van der Waals surface area contributed by atoms with E-state index < -0.39 is 5.41 Å². The summed E-state index contributed by atoms with van der Waals surface area (Å²) in [5, 5.41) is 4.40. The maximum atomic E-state index is 13.1. The molecule has 1 saturated heterocycles. The number of rotatable bonds is 6. The molecule has 0 atom stereocenters.